The normalized spacial score (nSPS) is 9.24. The first-order valence-corrected chi connectivity index (χ1v) is 15.0. The minimum Gasteiger partial charge on any atom is -0.358 e. The van der Waals surface area contributed by atoms with Gasteiger partial charge in [0.25, 0.3) is 0 Å². The molecule has 0 aliphatic heterocycles. The first kappa shape index (κ1) is 111. The Morgan fingerprint density at radius 2 is 0.822 bits per heavy atom. The molecule has 0 amide bonds. The van der Waals surface area contributed by atoms with Crippen molar-refractivity contribution in [1.82, 2.24) is 0 Å². The quantitative estimate of drug-likeness (QED) is 0.108. The van der Waals surface area contributed by atoms with E-state index in [1.54, 1.807) is 6.92 Å². The van der Waals surface area contributed by atoms with Crippen molar-refractivity contribution in [3.8, 4) is 0 Å². The van der Waals surface area contributed by atoms with Crippen molar-refractivity contribution in [2.24, 2.45) is 0 Å². The summed E-state index contributed by atoms with van der Waals surface area (Å²) in [6.07, 6.45) is 28.6. The third kappa shape index (κ3) is 98.9. The van der Waals surface area contributed by atoms with Gasteiger partial charge in [-0.3, -0.25) is 20.1 Å². The van der Waals surface area contributed by atoms with Crippen LogP contribution in [0, 0.1) is 115 Å². The molecule has 0 saturated heterocycles. The molecule has 4 heteroatoms. The van der Waals surface area contributed by atoms with Crippen molar-refractivity contribution in [2.75, 3.05) is 12.3 Å². The first-order valence-electron chi connectivity index (χ1n) is 12.0. The van der Waals surface area contributed by atoms with E-state index in [9.17, 15) is 0 Å². The Hall–Kier alpha value is 1.56. The number of hydrogen-bond donors (Lipinski definition) is 0. The second kappa shape index (κ2) is 80.3. The zero-order chi connectivity index (χ0) is 24.6. The monoisotopic (exact) mass is 1000 g/mol. The molecule has 0 aromatic heterocycles. The number of hydrogen-bond acceptors (Lipinski definition) is 0. The summed E-state index contributed by atoms with van der Waals surface area (Å²) >= 11 is 0. The van der Waals surface area contributed by atoms with Crippen molar-refractivity contribution < 1.29 is 51.7 Å². The van der Waals surface area contributed by atoms with Crippen molar-refractivity contribution in [3.05, 3.63) is 151 Å². The van der Waals surface area contributed by atoms with Gasteiger partial charge in [0.05, 0.1) is 0 Å². The average Bonchev–Trinajstić information content (AvgIpc) is 3.47. The minimum absolute atomic E-state index is 0. The van der Waals surface area contributed by atoms with E-state index in [0.717, 1.165) is 12.8 Å². The summed E-state index contributed by atoms with van der Waals surface area (Å²) in [5.74, 6) is 0. The molecule has 0 atom stereocenters. The molecule has 0 unspecified atom stereocenters. The van der Waals surface area contributed by atoms with Gasteiger partial charge in [-0.05, 0) is 35.5 Å². The topological polar surface area (TPSA) is 0 Å². The number of rotatable bonds is 6. The van der Waals surface area contributed by atoms with E-state index in [-0.39, 0.29) is 149 Å². The summed E-state index contributed by atoms with van der Waals surface area (Å²) in [5, 5.41) is 0.793. The van der Waals surface area contributed by atoms with Gasteiger partial charge in [0, 0.05) is 51.7 Å². The van der Waals surface area contributed by atoms with Crippen LogP contribution in [0.5, 0.6) is 0 Å². The van der Waals surface area contributed by atoms with Crippen molar-refractivity contribution >= 4 is 16.5 Å². The zero-order valence-corrected chi connectivity index (χ0v) is 44.6. The number of unbranched alkanes of at least 4 members (excludes halogenated alkanes) is 2. The van der Waals surface area contributed by atoms with E-state index in [0.29, 0.717) is 10.3 Å². The molecule has 0 nitrogen and oxygen atoms in total. The second-order valence-electron chi connectivity index (χ2n) is 9.23. The van der Waals surface area contributed by atoms with Crippen LogP contribution in [0.2, 0.25) is 0 Å². The summed E-state index contributed by atoms with van der Waals surface area (Å²) in [4.78, 5) is 0. The Bertz CT molecular complexity index is 407. The maximum atomic E-state index is 4.25. The van der Waals surface area contributed by atoms with Crippen molar-refractivity contribution in [2.45, 2.75) is 111 Å². The number of allylic oxidation sites excluding steroid dienone is 8. The van der Waals surface area contributed by atoms with Crippen molar-refractivity contribution in [1.29, 1.82) is 0 Å². The van der Waals surface area contributed by atoms with Gasteiger partial charge in [-0.2, -0.15) is 19.1 Å². The van der Waals surface area contributed by atoms with Gasteiger partial charge in [0.1, 0.15) is 0 Å². The Balaban J connectivity index is -0.0000000140. The first-order chi connectivity index (χ1) is 14.6. The van der Waals surface area contributed by atoms with E-state index in [1.165, 1.54) is 46.6 Å². The van der Waals surface area contributed by atoms with Crippen LogP contribution >= 0.6 is 16.5 Å². The maximum Gasteiger partial charge on any atom is 0 e. The fourth-order valence-electron chi connectivity index (χ4n) is 2.42. The maximum absolute atomic E-state index is 4.25. The van der Waals surface area contributed by atoms with Gasteiger partial charge in [-0.15, -0.1) is 21.4 Å². The van der Waals surface area contributed by atoms with Gasteiger partial charge in [-0.1, -0.05) is 68.2 Å². The van der Waals surface area contributed by atoms with Crippen LogP contribution in [-0.2, 0) is 51.7 Å². The summed E-state index contributed by atoms with van der Waals surface area (Å²) in [7, 11) is 1.13. The Labute approximate surface area is 340 Å². The third-order valence-electron chi connectivity index (χ3n) is 4.21. The van der Waals surface area contributed by atoms with Crippen LogP contribution in [0.4, 0.5) is 0 Å². The molecule has 2 rings (SSSR count). The standard InChI is InChI=1S/C9H20P.C8H19P.2C5H5.C2H5.12CH3.2Hf/c1-8(2,3)10(7)9(4,5)6;1-3-5-7-9-8-6-4-2;2*1-2-4-5-3-1;1-2;;;;;;;;;;;;;;/h7H2,1-6H3;9H,3-8H2,1-2H3;2*1-3H,4H2;1H2,2H3;12*1H3;;/q-1;;15*-1;;. The van der Waals surface area contributed by atoms with E-state index in [2.05, 4.69) is 93.3 Å². The molecule has 288 valence electrons. The molecule has 0 aromatic carbocycles. The molecular formula is C41H90Hf2P2-16. The van der Waals surface area contributed by atoms with E-state index < -0.39 is 0 Å². The van der Waals surface area contributed by atoms with Gasteiger partial charge < -0.3 is 103 Å². The van der Waals surface area contributed by atoms with Crippen molar-refractivity contribution in [3.63, 3.8) is 0 Å². The molecule has 0 spiro atoms. The summed E-state index contributed by atoms with van der Waals surface area (Å²) < 4.78 is 0. The van der Waals surface area contributed by atoms with Crippen LogP contribution in [-0.4, -0.2) is 22.6 Å². The van der Waals surface area contributed by atoms with Gasteiger partial charge in [-0.25, -0.2) is 24.3 Å². The van der Waals surface area contributed by atoms with E-state index >= 15 is 0 Å². The molecule has 0 bridgehead atoms. The smallest absolute Gasteiger partial charge is 0 e. The average molecular weight is 1000 g/mol. The van der Waals surface area contributed by atoms with Crippen LogP contribution < -0.4 is 0 Å². The molecular weight excluding hydrogens is 911 g/mol. The molecule has 0 aromatic rings. The van der Waals surface area contributed by atoms with Gasteiger partial charge in [0.2, 0.25) is 0 Å². The molecule has 45 heavy (non-hydrogen) atoms. The predicted molar refractivity (Wildman–Crippen MR) is 231 cm³/mol. The fraction of sp³-hybridized carbons (Fsp3) is 0.463. The van der Waals surface area contributed by atoms with Crippen LogP contribution in [0.3, 0.4) is 0 Å². The predicted octanol–water partition coefficient (Wildman–Crippen LogP) is 16.0. The molecule has 0 N–H and O–H groups in total. The second-order valence-corrected chi connectivity index (χ2v) is 14.3. The summed E-state index contributed by atoms with van der Waals surface area (Å²) in [5.41, 5.74) is 0. The molecule has 0 heterocycles. The third-order valence-corrected chi connectivity index (χ3v) is 8.86. The zero-order valence-electron chi connectivity index (χ0n) is 35.5. The van der Waals surface area contributed by atoms with Crippen LogP contribution in [0.15, 0.2) is 36.5 Å². The van der Waals surface area contributed by atoms with E-state index in [1.807, 2.05) is 24.3 Å². The molecule has 0 saturated carbocycles. The molecule has 2 aliphatic rings. The van der Waals surface area contributed by atoms with Crippen LogP contribution in [0.1, 0.15) is 101 Å². The van der Waals surface area contributed by atoms with Gasteiger partial charge >= 0.3 is 0 Å². The summed E-state index contributed by atoms with van der Waals surface area (Å²) in [6, 6.07) is 0. The summed E-state index contributed by atoms with van der Waals surface area (Å²) in [6.45, 7) is 27.4. The molecule has 0 radical (unpaired) electrons. The SMILES string of the molecule is CCCCPCCCC.[C-]1=CC=CC1.[C-]1=CC=CC1.[CH2-]C.[CH2-]P(C(C)(C)C)C(C)(C)C.[CH3-].[CH3-].[CH3-].[CH3-].[CH3-].[CH3-].[CH3-].[CH3-].[CH3-].[CH3-].[CH3-].[CH3-].[Hf].[Hf]. The Morgan fingerprint density at radius 1 is 0.578 bits per heavy atom. The Morgan fingerprint density at radius 3 is 0.911 bits per heavy atom. The fourth-order valence-corrected chi connectivity index (χ4v) is 5.88. The molecule has 2 aliphatic carbocycles. The Kier molecular flexibility index (Phi) is 197. The van der Waals surface area contributed by atoms with E-state index in [4.69, 9.17) is 0 Å². The van der Waals surface area contributed by atoms with Crippen LogP contribution in [0.25, 0.3) is 0 Å². The largest absolute Gasteiger partial charge is 0.358 e. The minimum atomic E-state index is -0.113. The molecule has 0 fully saturated rings. The van der Waals surface area contributed by atoms with Gasteiger partial charge in [0.15, 0.2) is 0 Å².